The van der Waals surface area contributed by atoms with E-state index in [9.17, 15) is 9.59 Å². The largest absolute Gasteiger partial charge is 0.345 e. The molecule has 0 unspecified atom stereocenters. The Bertz CT molecular complexity index is 331. The Morgan fingerprint density at radius 1 is 1.31 bits per heavy atom. The van der Waals surface area contributed by atoms with Crippen molar-refractivity contribution in [2.24, 2.45) is 0 Å². The zero-order valence-corrected chi connectivity index (χ0v) is 7.57. The molecule has 0 atom stereocenters. The molecule has 0 fully saturated rings. The van der Waals surface area contributed by atoms with Crippen molar-refractivity contribution in [2.75, 3.05) is 14.1 Å². The van der Waals surface area contributed by atoms with Gasteiger partial charge in [-0.15, -0.1) is 0 Å². The summed E-state index contributed by atoms with van der Waals surface area (Å²) in [4.78, 5) is 23.4. The fourth-order valence-corrected chi connectivity index (χ4v) is 1.000. The SMILES string of the molecule is CN(C)C(=O)c1ccccc1[C]=O. The maximum Gasteiger partial charge on any atom is 0.254 e. The van der Waals surface area contributed by atoms with Crippen molar-refractivity contribution < 1.29 is 9.59 Å². The first kappa shape index (κ1) is 9.45. The van der Waals surface area contributed by atoms with E-state index in [0.29, 0.717) is 11.1 Å². The van der Waals surface area contributed by atoms with Crippen LogP contribution >= 0.6 is 0 Å². The minimum Gasteiger partial charge on any atom is -0.345 e. The molecular weight excluding hydrogens is 166 g/mol. The van der Waals surface area contributed by atoms with Gasteiger partial charge in [-0.3, -0.25) is 9.59 Å². The van der Waals surface area contributed by atoms with E-state index in [0.717, 1.165) is 0 Å². The first-order valence-electron chi connectivity index (χ1n) is 3.85. The lowest BCUT2D eigenvalue weighted by atomic mass is 10.1. The fraction of sp³-hybridized carbons (Fsp3) is 0.200. The summed E-state index contributed by atoms with van der Waals surface area (Å²) in [6.07, 6.45) is 1.73. The topological polar surface area (TPSA) is 37.4 Å². The van der Waals surface area contributed by atoms with Crippen molar-refractivity contribution in [1.29, 1.82) is 0 Å². The highest BCUT2D eigenvalue weighted by atomic mass is 16.2. The van der Waals surface area contributed by atoms with E-state index >= 15 is 0 Å². The van der Waals surface area contributed by atoms with E-state index in [1.165, 1.54) is 4.90 Å². The first-order valence-corrected chi connectivity index (χ1v) is 3.85. The van der Waals surface area contributed by atoms with Gasteiger partial charge in [0.1, 0.15) is 0 Å². The second kappa shape index (κ2) is 3.85. The summed E-state index contributed by atoms with van der Waals surface area (Å²) >= 11 is 0. The van der Waals surface area contributed by atoms with Gasteiger partial charge in [-0.05, 0) is 6.07 Å². The molecule has 1 radical (unpaired) electrons. The number of amides is 1. The third-order valence-corrected chi connectivity index (χ3v) is 1.67. The molecule has 3 nitrogen and oxygen atoms in total. The maximum atomic E-state index is 11.5. The predicted octanol–water partition coefficient (Wildman–Crippen LogP) is 0.846. The molecule has 0 N–H and O–H groups in total. The first-order chi connectivity index (χ1) is 6.16. The number of carbonyl (C=O) groups excluding carboxylic acids is 2. The Morgan fingerprint density at radius 2 is 1.92 bits per heavy atom. The summed E-state index contributed by atoms with van der Waals surface area (Å²) in [5.41, 5.74) is 0.698. The lowest BCUT2D eigenvalue weighted by molar-refractivity contribution is 0.0827. The molecule has 0 heterocycles. The molecule has 0 aromatic heterocycles. The second-order valence-corrected chi connectivity index (χ2v) is 2.85. The van der Waals surface area contributed by atoms with Crippen LogP contribution in [0.15, 0.2) is 24.3 Å². The quantitative estimate of drug-likeness (QED) is 0.669. The highest BCUT2D eigenvalue weighted by Gasteiger charge is 2.11. The minimum absolute atomic E-state index is 0.182. The third-order valence-electron chi connectivity index (χ3n) is 1.67. The van der Waals surface area contributed by atoms with Gasteiger partial charge >= 0.3 is 0 Å². The second-order valence-electron chi connectivity index (χ2n) is 2.85. The monoisotopic (exact) mass is 176 g/mol. The Balaban J connectivity index is 3.13. The van der Waals surface area contributed by atoms with Crippen LogP contribution in [0.5, 0.6) is 0 Å². The Labute approximate surface area is 77.0 Å². The average Bonchev–Trinajstić information content (AvgIpc) is 2.16. The van der Waals surface area contributed by atoms with Crippen molar-refractivity contribution in [3.05, 3.63) is 35.4 Å². The highest BCUT2D eigenvalue weighted by Crippen LogP contribution is 2.07. The Hall–Kier alpha value is -1.64. The standard InChI is InChI=1S/C10H10NO2/c1-11(2)10(13)9-6-4-3-5-8(9)7-12/h3-6H,1-2H3. The van der Waals surface area contributed by atoms with Crippen LogP contribution in [-0.4, -0.2) is 31.2 Å². The van der Waals surface area contributed by atoms with Crippen LogP contribution in [0.25, 0.3) is 0 Å². The molecule has 0 saturated carbocycles. The van der Waals surface area contributed by atoms with Crippen LogP contribution in [0, 0.1) is 0 Å². The van der Waals surface area contributed by atoms with Gasteiger partial charge in [0.2, 0.25) is 6.29 Å². The number of hydrogen-bond donors (Lipinski definition) is 0. The average molecular weight is 176 g/mol. The zero-order chi connectivity index (χ0) is 9.84. The molecule has 0 spiro atoms. The van der Waals surface area contributed by atoms with Crippen LogP contribution < -0.4 is 0 Å². The number of benzene rings is 1. The molecule has 67 valence electrons. The van der Waals surface area contributed by atoms with E-state index in [4.69, 9.17) is 0 Å². The van der Waals surface area contributed by atoms with Gasteiger partial charge in [-0.1, -0.05) is 18.2 Å². The Kier molecular flexibility index (Phi) is 2.80. The highest BCUT2D eigenvalue weighted by molar-refractivity contribution is 6.01. The van der Waals surface area contributed by atoms with Gasteiger partial charge in [0.25, 0.3) is 5.91 Å². The maximum absolute atomic E-state index is 11.5. The molecule has 0 aliphatic heterocycles. The number of nitrogens with zero attached hydrogens (tertiary/aromatic N) is 1. The number of rotatable bonds is 2. The summed E-state index contributed by atoms with van der Waals surface area (Å²) in [6.45, 7) is 0. The van der Waals surface area contributed by atoms with E-state index in [1.54, 1.807) is 44.6 Å². The van der Waals surface area contributed by atoms with Gasteiger partial charge in [-0.2, -0.15) is 0 Å². The lowest BCUT2D eigenvalue weighted by Gasteiger charge is -2.10. The molecule has 3 heteroatoms. The van der Waals surface area contributed by atoms with E-state index in [-0.39, 0.29) is 5.91 Å². The van der Waals surface area contributed by atoms with E-state index in [2.05, 4.69) is 0 Å². The van der Waals surface area contributed by atoms with Crippen LogP contribution in [0.3, 0.4) is 0 Å². The third kappa shape index (κ3) is 1.93. The van der Waals surface area contributed by atoms with Crippen LogP contribution in [-0.2, 0) is 4.79 Å². The molecule has 0 saturated heterocycles. The van der Waals surface area contributed by atoms with Gasteiger partial charge in [0, 0.05) is 19.7 Å². The molecule has 0 aliphatic carbocycles. The van der Waals surface area contributed by atoms with Crippen LogP contribution in [0.2, 0.25) is 0 Å². The van der Waals surface area contributed by atoms with Crippen molar-refractivity contribution in [3.63, 3.8) is 0 Å². The molecular formula is C10H10NO2. The minimum atomic E-state index is -0.182. The smallest absolute Gasteiger partial charge is 0.254 e. The summed E-state index contributed by atoms with van der Waals surface area (Å²) in [7, 11) is 3.29. The number of hydrogen-bond acceptors (Lipinski definition) is 2. The van der Waals surface area contributed by atoms with Crippen LogP contribution in [0.4, 0.5) is 0 Å². The van der Waals surface area contributed by atoms with Gasteiger partial charge in [0.05, 0.1) is 5.56 Å². The summed E-state index contributed by atoms with van der Waals surface area (Å²) in [5, 5.41) is 0. The Morgan fingerprint density at radius 3 is 2.46 bits per heavy atom. The molecule has 1 aromatic carbocycles. The molecule has 1 rings (SSSR count). The lowest BCUT2D eigenvalue weighted by Crippen LogP contribution is -2.22. The van der Waals surface area contributed by atoms with Crippen molar-refractivity contribution in [1.82, 2.24) is 4.90 Å². The van der Waals surface area contributed by atoms with E-state index in [1.807, 2.05) is 0 Å². The van der Waals surface area contributed by atoms with E-state index < -0.39 is 0 Å². The summed E-state index contributed by atoms with van der Waals surface area (Å²) in [6, 6.07) is 6.61. The van der Waals surface area contributed by atoms with Crippen LogP contribution in [0.1, 0.15) is 15.9 Å². The summed E-state index contributed by atoms with van der Waals surface area (Å²) in [5.74, 6) is -0.182. The van der Waals surface area contributed by atoms with Crippen molar-refractivity contribution in [3.8, 4) is 0 Å². The molecule has 0 bridgehead atoms. The summed E-state index contributed by atoms with van der Waals surface area (Å²) < 4.78 is 0. The van der Waals surface area contributed by atoms with Crippen molar-refractivity contribution >= 4 is 12.2 Å². The molecule has 13 heavy (non-hydrogen) atoms. The normalized spacial score (nSPS) is 9.38. The molecule has 0 aliphatic rings. The van der Waals surface area contributed by atoms with Gasteiger partial charge < -0.3 is 4.90 Å². The fourth-order valence-electron chi connectivity index (χ4n) is 1.000. The predicted molar refractivity (Wildman–Crippen MR) is 49.3 cm³/mol. The van der Waals surface area contributed by atoms with Gasteiger partial charge in [-0.25, -0.2) is 0 Å². The van der Waals surface area contributed by atoms with Gasteiger partial charge in [0.15, 0.2) is 0 Å². The number of carbonyl (C=O) groups is 1. The molecule has 1 aromatic rings. The molecule has 1 amide bonds. The van der Waals surface area contributed by atoms with Crippen molar-refractivity contribution in [2.45, 2.75) is 0 Å². The zero-order valence-electron chi connectivity index (χ0n) is 7.57.